The number of benzene rings is 1. The van der Waals surface area contributed by atoms with Gasteiger partial charge in [0.2, 0.25) is 0 Å². The van der Waals surface area contributed by atoms with Crippen molar-refractivity contribution in [2.45, 2.75) is 0 Å². The molecule has 1 aromatic carbocycles. The molecule has 0 aliphatic rings. The maximum Gasteiger partial charge on any atom is 0.167 e. The molecule has 2 aromatic rings. The summed E-state index contributed by atoms with van der Waals surface area (Å²) >= 11 is 3.30. The van der Waals surface area contributed by atoms with Crippen LogP contribution in [0.3, 0.4) is 0 Å². The lowest BCUT2D eigenvalue weighted by molar-refractivity contribution is 0.111. The third kappa shape index (κ3) is 0.975. The summed E-state index contributed by atoms with van der Waals surface area (Å²) in [7, 11) is 0. The zero-order valence-corrected chi connectivity index (χ0v) is 7.78. The Morgan fingerprint density at radius 2 is 2.08 bits per heavy atom. The summed E-state index contributed by atoms with van der Waals surface area (Å²) in [6.45, 7) is 0. The van der Waals surface area contributed by atoms with Gasteiger partial charge >= 0.3 is 0 Å². The van der Waals surface area contributed by atoms with E-state index < -0.39 is 0 Å². The lowest BCUT2D eigenvalue weighted by atomic mass is 10.2. The molecule has 1 heterocycles. The minimum atomic E-state index is 0.635. The predicted molar refractivity (Wildman–Crippen MR) is 51.7 cm³/mol. The number of rotatable bonds is 1. The highest BCUT2D eigenvalue weighted by Crippen LogP contribution is 2.20. The van der Waals surface area contributed by atoms with E-state index in [-0.39, 0.29) is 0 Å². The molecule has 0 N–H and O–H groups in total. The molecule has 0 radical (unpaired) electrons. The standard InChI is InChI=1S/C9H6BrNO/c10-11-8(6-12)5-7-3-1-2-4-9(7)11/h1-6H. The van der Waals surface area contributed by atoms with Crippen LogP contribution in [0.15, 0.2) is 30.3 Å². The van der Waals surface area contributed by atoms with Crippen LogP contribution in [0.1, 0.15) is 10.5 Å². The third-order valence-electron chi connectivity index (χ3n) is 1.80. The number of fused-ring (bicyclic) bond motifs is 1. The number of aromatic nitrogens is 1. The van der Waals surface area contributed by atoms with Crippen molar-refractivity contribution in [1.29, 1.82) is 0 Å². The highest BCUT2D eigenvalue weighted by molar-refractivity contribution is 9.08. The molecule has 0 fully saturated rings. The second kappa shape index (κ2) is 2.75. The summed E-state index contributed by atoms with van der Waals surface area (Å²) in [6.07, 6.45) is 0.828. The average Bonchev–Trinajstić information content (AvgIpc) is 2.44. The van der Waals surface area contributed by atoms with E-state index in [1.807, 2.05) is 30.3 Å². The Morgan fingerprint density at radius 1 is 1.33 bits per heavy atom. The molecule has 0 aliphatic carbocycles. The van der Waals surface area contributed by atoms with Gasteiger partial charge < -0.3 is 0 Å². The van der Waals surface area contributed by atoms with Crippen LogP contribution in [0.2, 0.25) is 0 Å². The number of nitrogens with zero attached hydrogens (tertiary/aromatic N) is 1. The van der Waals surface area contributed by atoms with Crippen LogP contribution in [0.4, 0.5) is 0 Å². The van der Waals surface area contributed by atoms with Crippen LogP contribution in [0, 0.1) is 0 Å². The van der Waals surface area contributed by atoms with Gasteiger partial charge in [0.15, 0.2) is 6.29 Å². The summed E-state index contributed by atoms with van der Waals surface area (Å²) in [5.74, 6) is 0. The maximum atomic E-state index is 10.5. The molecule has 0 atom stereocenters. The van der Waals surface area contributed by atoms with E-state index in [4.69, 9.17) is 0 Å². The fraction of sp³-hybridized carbons (Fsp3) is 0. The molecular weight excluding hydrogens is 218 g/mol. The third-order valence-corrected chi connectivity index (χ3v) is 2.59. The van der Waals surface area contributed by atoms with Crippen molar-refractivity contribution >= 4 is 33.3 Å². The summed E-state index contributed by atoms with van der Waals surface area (Å²) in [5.41, 5.74) is 1.65. The quantitative estimate of drug-likeness (QED) is 0.682. The van der Waals surface area contributed by atoms with Crippen LogP contribution in [0.25, 0.3) is 10.9 Å². The molecule has 0 unspecified atom stereocenters. The molecule has 12 heavy (non-hydrogen) atoms. The van der Waals surface area contributed by atoms with Crippen molar-refractivity contribution in [2.24, 2.45) is 0 Å². The second-order valence-corrected chi connectivity index (χ2v) is 3.24. The largest absolute Gasteiger partial charge is 0.296 e. The van der Waals surface area contributed by atoms with Crippen LogP contribution < -0.4 is 0 Å². The molecule has 0 saturated heterocycles. The van der Waals surface area contributed by atoms with Crippen LogP contribution in [-0.4, -0.2) is 9.88 Å². The fourth-order valence-corrected chi connectivity index (χ4v) is 1.73. The van der Waals surface area contributed by atoms with E-state index in [9.17, 15) is 4.79 Å². The maximum absolute atomic E-state index is 10.5. The van der Waals surface area contributed by atoms with Gasteiger partial charge in [-0.1, -0.05) is 18.2 Å². The molecule has 60 valence electrons. The topological polar surface area (TPSA) is 22.0 Å². The van der Waals surface area contributed by atoms with Crippen LogP contribution in [-0.2, 0) is 0 Å². The van der Waals surface area contributed by atoms with Crippen LogP contribution in [0.5, 0.6) is 0 Å². The van der Waals surface area contributed by atoms with E-state index in [2.05, 4.69) is 16.1 Å². The molecule has 0 aliphatic heterocycles. The number of aldehydes is 1. The molecule has 0 bridgehead atoms. The van der Waals surface area contributed by atoms with Gasteiger partial charge in [0.1, 0.15) is 0 Å². The Balaban J connectivity index is 2.87. The van der Waals surface area contributed by atoms with E-state index in [0.29, 0.717) is 5.69 Å². The first-order valence-corrected chi connectivity index (χ1v) is 4.25. The summed E-state index contributed by atoms with van der Waals surface area (Å²) in [5, 5.41) is 1.07. The van der Waals surface area contributed by atoms with E-state index in [0.717, 1.165) is 17.2 Å². The molecule has 2 rings (SSSR count). The van der Waals surface area contributed by atoms with Crippen molar-refractivity contribution in [3.63, 3.8) is 0 Å². The molecule has 0 amide bonds. The Kier molecular flexibility index (Phi) is 1.73. The van der Waals surface area contributed by atoms with Gasteiger partial charge in [0.25, 0.3) is 0 Å². The zero-order chi connectivity index (χ0) is 8.55. The molecule has 0 spiro atoms. The highest BCUT2D eigenvalue weighted by atomic mass is 79.9. The van der Waals surface area contributed by atoms with Gasteiger partial charge in [-0.2, -0.15) is 0 Å². The van der Waals surface area contributed by atoms with Crippen molar-refractivity contribution in [1.82, 2.24) is 3.59 Å². The van der Waals surface area contributed by atoms with Gasteiger partial charge in [-0.15, -0.1) is 0 Å². The number of carbonyl (C=O) groups excluding carboxylic acids is 1. The van der Waals surface area contributed by atoms with Crippen molar-refractivity contribution in [2.75, 3.05) is 0 Å². The molecule has 0 saturated carbocycles. The van der Waals surface area contributed by atoms with E-state index in [1.54, 1.807) is 3.59 Å². The summed E-state index contributed by atoms with van der Waals surface area (Å²) < 4.78 is 1.70. The molecule has 1 aromatic heterocycles. The Morgan fingerprint density at radius 3 is 2.75 bits per heavy atom. The molecular formula is C9H6BrNO. The van der Waals surface area contributed by atoms with E-state index in [1.165, 1.54) is 0 Å². The van der Waals surface area contributed by atoms with Crippen molar-refractivity contribution in [3.05, 3.63) is 36.0 Å². The summed E-state index contributed by atoms with van der Waals surface area (Å²) in [4.78, 5) is 10.5. The number of carbonyl (C=O) groups is 1. The summed E-state index contributed by atoms with van der Waals surface area (Å²) in [6, 6.07) is 9.66. The van der Waals surface area contributed by atoms with Gasteiger partial charge in [-0.25, -0.2) is 0 Å². The van der Waals surface area contributed by atoms with Crippen LogP contribution >= 0.6 is 16.1 Å². The fourth-order valence-electron chi connectivity index (χ4n) is 1.22. The SMILES string of the molecule is O=Cc1cc2ccccc2n1Br. The average molecular weight is 224 g/mol. The zero-order valence-electron chi connectivity index (χ0n) is 6.20. The predicted octanol–water partition coefficient (Wildman–Crippen LogP) is 2.61. The number of hydrogen-bond acceptors (Lipinski definition) is 1. The van der Waals surface area contributed by atoms with Crippen molar-refractivity contribution in [3.8, 4) is 0 Å². The van der Waals surface area contributed by atoms with Gasteiger partial charge in [0.05, 0.1) is 27.4 Å². The van der Waals surface area contributed by atoms with E-state index >= 15 is 0 Å². The van der Waals surface area contributed by atoms with Gasteiger partial charge in [-0.05, 0) is 12.1 Å². The van der Waals surface area contributed by atoms with Gasteiger partial charge in [0, 0.05) is 5.39 Å². The van der Waals surface area contributed by atoms with Gasteiger partial charge in [-0.3, -0.25) is 8.39 Å². The normalized spacial score (nSPS) is 10.4. The Hall–Kier alpha value is -1.09. The monoisotopic (exact) mass is 223 g/mol. The van der Waals surface area contributed by atoms with Crippen molar-refractivity contribution < 1.29 is 4.79 Å². The Bertz CT molecular complexity index is 433. The lowest BCUT2D eigenvalue weighted by Gasteiger charge is -1.92. The molecule has 3 heteroatoms. The lowest BCUT2D eigenvalue weighted by Crippen LogP contribution is -1.84. The minimum Gasteiger partial charge on any atom is -0.296 e. The molecule has 2 nitrogen and oxygen atoms in total. The smallest absolute Gasteiger partial charge is 0.167 e. The minimum absolute atomic E-state index is 0.635. The number of halogens is 1. The second-order valence-electron chi connectivity index (χ2n) is 2.53. The first-order chi connectivity index (χ1) is 5.83. The first-order valence-electron chi connectivity index (χ1n) is 3.55. The Labute approximate surface area is 78.1 Å². The number of para-hydroxylation sites is 1. The first kappa shape index (κ1) is 7.55. The number of hydrogen-bond donors (Lipinski definition) is 0. The highest BCUT2D eigenvalue weighted by Gasteiger charge is 2.03.